The van der Waals surface area contributed by atoms with Gasteiger partial charge in [-0.2, -0.15) is 0 Å². The number of para-hydroxylation sites is 1. The van der Waals surface area contributed by atoms with Crippen molar-refractivity contribution in [1.29, 1.82) is 0 Å². The van der Waals surface area contributed by atoms with Crippen LogP contribution in [0.2, 0.25) is 0 Å². The molecule has 8 aromatic rings. The molecule has 12 rings (SSSR count). The highest BCUT2D eigenvalue weighted by molar-refractivity contribution is 6.93. The van der Waals surface area contributed by atoms with Gasteiger partial charge >= 0.3 is 6.85 Å². The zero-order valence-electron chi connectivity index (χ0n) is 36.3. The summed E-state index contributed by atoms with van der Waals surface area (Å²) in [5, 5.41) is 4.93. The van der Waals surface area contributed by atoms with E-state index in [1.807, 2.05) is 0 Å². The van der Waals surface area contributed by atoms with E-state index in [1.165, 1.54) is 97.1 Å². The lowest BCUT2D eigenvalue weighted by Crippen LogP contribution is -2.70. The Morgan fingerprint density at radius 1 is 0.583 bits per heavy atom. The largest absolute Gasteiger partial charge is 0.456 e. The Labute approximate surface area is 355 Å². The number of rotatable bonds is 2. The third-order valence-electron chi connectivity index (χ3n) is 15.5. The Kier molecular flexibility index (Phi) is 7.21. The van der Waals surface area contributed by atoms with Gasteiger partial charge in [0.25, 0.3) is 0 Å². The zero-order valence-corrected chi connectivity index (χ0v) is 36.3. The van der Waals surface area contributed by atoms with Crippen molar-refractivity contribution >= 4 is 73.2 Å². The molecule has 4 aliphatic rings. The molecule has 2 atom stereocenters. The lowest BCUT2D eigenvalue weighted by Gasteiger charge is -2.55. The molecule has 1 saturated carbocycles. The average molecular weight is 781 g/mol. The van der Waals surface area contributed by atoms with Gasteiger partial charge in [0.1, 0.15) is 11.2 Å². The number of nitrogens with zero attached hydrogens (tertiary/aromatic N) is 2. The fourth-order valence-corrected chi connectivity index (χ4v) is 12.1. The molecule has 0 amide bonds. The molecule has 0 spiro atoms. The first-order valence-electron chi connectivity index (χ1n) is 22.3. The first kappa shape index (κ1) is 36.1. The average Bonchev–Trinajstić information content (AvgIpc) is 3.70. The Morgan fingerprint density at radius 2 is 1.28 bits per heavy atom. The highest BCUT2D eigenvalue weighted by Crippen LogP contribution is 2.64. The molecular weight excluding hydrogens is 727 g/mol. The number of hydrogen-bond donors (Lipinski definition) is 0. The quantitative estimate of drug-likeness (QED) is 0.163. The van der Waals surface area contributed by atoms with Gasteiger partial charge in [0, 0.05) is 49.9 Å². The molecule has 3 nitrogen and oxygen atoms in total. The molecule has 296 valence electrons. The fourth-order valence-electron chi connectivity index (χ4n) is 12.1. The maximum absolute atomic E-state index is 6.82. The molecule has 1 aliphatic carbocycles. The fraction of sp³-hybridized carbons (Fsp3) is 0.286. The van der Waals surface area contributed by atoms with E-state index in [4.69, 9.17) is 4.42 Å². The van der Waals surface area contributed by atoms with Gasteiger partial charge in [-0.1, -0.05) is 146 Å². The Bertz CT molecular complexity index is 3130. The summed E-state index contributed by atoms with van der Waals surface area (Å²) in [5.41, 5.74) is 19.2. The van der Waals surface area contributed by atoms with Crippen LogP contribution in [0.25, 0.3) is 55.0 Å². The second-order valence-corrected chi connectivity index (χ2v) is 20.8. The number of hydrogen-bond acceptors (Lipinski definition) is 3. The van der Waals surface area contributed by atoms with Gasteiger partial charge in [0.05, 0.1) is 5.69 Å². The van der Waals surface area contributed by atoms with Crippen LogP contribution >= 0.6 is 0 Å². The summed E-state index contributed by atoms with van der Waals surface area (Å²) in [5.74, 6) is 0. The van der Waals surface area contributed by atoms with Crippen molar-refractivity contribution in [2.45, 2.75) is 103 Å². The van der Waals surface area contributed by atoms with Crippen molar-refractivity contribution in [3.63, 3.8) is 0 Å². The molecule has 4 heteroatoms. The van der Waals surface area contributed by atoms with E-state index in [-0.39, 0.29) is 28.6 Å². The summed E-state index contributed by atoms with van der Waals surface area (Å²) in [6, 6.07) is 48.7. The third-order valence-corrected chi connectivity index (χ3v) is 15.5. The van der Waals surface area contributed by atoms with Crippen LogP contribution in [0.5, 0.6) is 0 Å². The summed E-state index contributed by atoms with van der Waals surface area (Å²) in [7, 11) is 0. The minimum atomic E-state index is -0.0874. The Balaban J connectivity index is 1.27. The van der Waals surface area contributed by atoms with Crippen LogP contribution in [0.15, 0.2) is 132 Å². The molecule has 0 bridgehead atoms. The van der Waals surface area contributed by atoms with Gasteiger partial charge in [0.15, 0.2) is 0 Å². The van der Waals surface area contributed by atoms with Crippen LogP contribution in [0, 0.1) is 0 Å². The molecule has 7 aromatic carbocycles. The smallest absolute Gasteiger partial charge is 0.329 e. The number of anilines is 4. The van der Waals surface area contributed by atoms with E-state index in [2.05, 4.69) is 192 Å². The first-order chi connectivity index (χ1) is 28.8. The van der Waals surface area contributed by atoms with Crippen LogP contribution < -0.4 is 20.6 Å². The predicted molar refractivity (Wildman–Crippen MR) is 256 cm³/mol. The summed E-state index contributed by atoms with van der Waals surface area (Å²) in [4.78, 5) is 5.60. The van der Waals surface area contributed by atoms with Crippen LogP contribution in [0.3, 0.4) is 0 Å². The normalized spacial score (nSPS) is 20.4. The van der Waals surface area contributed by atoms with Gasteiger partial charge in [-0.05, 0) is 123 Å². The lowest BCUT2D eigenvalue weighted by molar-refractivity contribution is 0.199. The SMILES string of the molecule is CC(C)(C)c1ccc(N2c3cc4c(cc3B3c5c2cc2ccccc2c5-c2cc(C(C)(C)C)cc5c2N3C2(C)CCCCC52C)oc2ccccc24)c(-c2ccccc2)c1. The van der Waals surface area contributed by atoms with E-state index >= 15 is 0 Å². The van der Waals surface area contributed by atoms with E-state index in [1.54, 1.807) is 5.56 Å². The van der Waals surface area contributed by atoms with Gasteiger partial charge in [0.2, 0.25) is 0 Å². The monoisotopic (exact) mass is 780 g/mol. The molecule has 3 aliphatic heterocycles. The van der Waals surface area contributed by atoms with Gasteiger partial charge in [-0.15, -0.1) is 0 Å². The molecule has 60 heavy (non-hydrogen) atoms. The van der Waals surface area contributed by atoms with Crippen molar-refractivity contribution in [2.75, 3.05) is 9.71 Å². The van der Waals surface area contributed by atoms with Crippen molar-refractivity contribution in [3.8, 4) is 22.3 Å². The van der Waals surface area contributed by atoms with Crippen molar-refractivity contribution in [1.82, 2.24) is 0 Å². The van der Waals surface area contributed by atoms with E-state index < -0.39 is 0 Å². The molecule has 2 unspecified atom stereocenters. The van der Waals surface area contributed by atoms with Crippen LogP contribution in [-0.2, 0) is 16.2 Å². The maximum atomic E-state index is 6.82. The third kappa shape index (κ3) is 4.68. The number of fused-ring (bicyclic) bond motifs is 12. The van der Waals surface area contributed by atoms with Crippen LogP contribution in [0.1, 0.15) is 97.8 Å². The highest BCUT2D eigenvalue weighted by Gasteiger charge is 2.63. The van der Waals surface area contributed by atoms with Gasteiger partial charge in [-0.25, -0.2) is 0 Å². The van der Waals surface area contributed by atoms with Gasteiger partial charge < -0.3 is 14.1 Å². The molecular formula is C56H53BN2O. The molecule has 1 fully saturated rings. The van der Waals surface area contributed by atoms with Crippen molar-refractivity contribution in [2.24, 2.45) is 0 Å². The Morgan fingerprint density at radius 3 is 2.07 bits per heavy atom. The van der Waals surface area contributed by atoms with Crippen LogP contribution in [-0.4, -0.2) is 12.4 Å². The molecule has 1 aromatic heterocycles. The minimum absolute atomic E-state index is 0.00136. The summed E-state index contributed by atoms with van der Waals surface area (Å²) < 4.78 is 6.82. The first-order valence-corrected chi connectivity index (χ1v) is 22.3. The summed E-state index contributed by atoms with van der Waals surface area (Å²) >= 11 is 0. The van der Waals surface area contributed by atoms with Crippen molar-refractivity contribution in [3.05, 3.63) is 144 Å². The molecule has 0 radical (unpaired) electrons. The lowest BCUT2D eigenvalue weighted by atomic mass is 9.42. The molecule has 0 saturated heterocycles. The van der Waals surface area contributed by atoms with E-state index in [9.17, 15) is 0 Å². The standard InChI is InChI=1S/C56H53BN2O/c1-53(2,3)36-24-25-45(40(29-36)34-18-10-9-11-19-34)58-46-32-41-39-22-14-15-23-48(39)60-49(41)33-44(46)57-51-47(58)28-35-20-12-13-21-38(35)50(51)42-30-37(54(4,5)6)31-43-52(42)59(57)56(8)27-17-16-26-55(43,56)7/h9-15,18-25,28-33H,16-17,26-27H2,1-8H3. The van der Waals surface area contributed by atoms with Gasteiger partial charge in [-0.3, -0.25) is 0 Å². The summed E-state index contributed by atoms with van der Waals surface area (Å²) in [6.45, 7) is 19.4. The van der Waals surface area contributed by atoms with E-state index in [0.29, 0.717) is 0 Å². The highest BCUT2D eigenvalue weighted by atomic mass is 16.3. The second kappa shape index (κ2) is 12.0. The Hall–Kier alpha value is -5.74. The summed E-state index contributed by atoms with van der Waals surface area (Å²) in [6.07, 6.45) is 4.86. The van der Waals surface area contributed by atoms with E-state index in [0.717, 1.165) is 28.4 Å². The zero-order chi connectivity index (χ0) is 41.1. The maximum Gasteiger partial charge on any atom is 0.329 e. The number of furan rings is 1. The van der Waals surface area contributed by atoms with Crippen molar-refractivity contribution < 1.29 is 4.42 Å². The molecule has 0 N–H and O–H groups in total. The predicted octanol–water partition coefficient (Wildman–Crippen LogP) is 14.0. The topological polar surface area (TPSA) is 19.6 Å². The number of benzene rings is 7. The second-order valence-electron chi connectivity index (χ2n) is 20.8. The molecule has 4 heterocycles. The van der Waals surface area contributed by atoms with Crippen LogP contribution in [0.4, 0.5) is 22.7 Å². The minimum Gasteiger partial charge on any atom is -0.456 e.